The molecule has 0 aromatic rings. The fraction of sp³-hybridized carbons (Fsp3) is 1.00. The van der Waals surface area contributed by atoms with Crippen molar-refractivity contribution in [3.05, 3.63) is 0 Å². The van der Waals surface area contributed by atoms with Crippen molar-refractivity contribution < 1.29 is 5.11 Å². The Morgan fingerprint density at radius 3 is 2.17 bits per heavy atom. The van der Waals surface area contributed by atoms with Gasteiger partial charge >= 0.3 is 0 Å². The molecule has 0 spiro atoms. The smallest absolute Gasteiger partial charge is 0.110 e. The zero-order valence-corrected chi connectivity index (χ0v) is 7.19. The molecule has 0 aromatic carbocycles. The van der Waals surface area contributed by atoms with Crippen LogP contribution in [0.25, 0.3) is 0 Å². The molecular weight excluding hydrogens is 152 g/mol. The summed E-state index contributed by atoms with van der Waals surface area (Å²) in [6.45, 7) is 2.07. The third kappa shape index (κ3) is 0.767. The van der Waals surface area contributed by atoms with Gasteiger partial charge in [-0.05, 0) is 30.6 Å². The second-order valence-corrected chi connectivity index (χ2v) is 4.70. The zero-order valence-electron chi connectivity index (χ0n) is 7.19. The Kier molecular flexibility index (Phi) is 1.35. The predicted molar refractivity (Wildman–Crippen MR) is 45.3 cm³/mol. The largest absolute Gasteiger partial charge is 0.378 e. The molecule has 12 heavy (non-hydrogen) atoms. The van der Waals surface area contributed by atoms with E-state index in [2.05, 4.69) is 4.90 Å². The molecular formula is C9H16N2O. The van der Waals surface area contributed by atoms with Crippen LogP contribution in [0.1, 0.15) is 12.8 Å². The monoisotopic (exact) mass is 168 g/mol. The summed E-state index contributed by atoms with van der Waals surface area (Å²) in [7, 11) is 0. The van der Waals surface area contributed by atoms with Crippen molar-refractivity contribution in [2.24, 2.45) is 23.5 Å². The summed E-state index contributed by atoms with van der Waals surface area (Å²) in [4.78, 5) is 2.22. The highest BCUT2D eigenvalue weighted by Gasteiger charge is 2.50. The van der Waals surface area contributed by atoms with Crippen LogP contribution in [0.15, 0.2) is 0 Å². The number of hydrogen-bond donors (Lipinski definition) is 2. The molecule has 68 valence electrons. The van der Waals surface area contributed by atoms with Crippen LogP contribution in [0.4, 0.5) is 0 Å². The second-order valence-electron chi connectivity index (χ2n) is 4.70. The lowest BCUT2D eigenvalue weighted by Crippen LogP contribution is -2.66. The molecule has 3 saturated heterocycles. The summed E-state index contributed by atoms with van der Waals surface area (Å²) in [5, 5.41) is 9.80. The van der Waals surface area contributed by atoms with E-state index in [4.69, 9.17) is 5.73 Å². The standard InChI is InChI=1S/C9H16N2O/c10-8-6-1-5-2-7(8)4-11(3-6)9(5)12/h5-9,12H,1-4,10H2/t5?,6-,7+,8?,9?. The van der Waals surface area contributed by atoms with Crippen LogP contribution in [0.3, 0.4) is 0 Å². The lowest BCUT2D eigenvalue weighted by atomic mass is 9.65. The summed E-state index contributed by atoms with van der Waals surface area (Å²) in [6, 6.07) is 0.421. The summed E-state index contributed by atoms with van der Waals surface area (Å²) in [5.41, 5.74) is 6.10. The number of piperidine rings is 3. The normalized spacial score (nSPS) is 62.5. The van der Waals surface area contributed by atoms with Gasteiger partial charge in [-0.2, -0.15) is 0 Å². The van der Waals surface area contributed by atoms with Gasteiger partial charge in [0.15, 0.2) is 0 Å². The van der Waals surface area contributed by atoms with E-state index in [1.54, 1.807) is 0 Å². The first-order valence-corrected chi connectivity index (χ1v) is 4.93. The first kappa shape index (κ1) is 7.30. The topological polar surface area (TPSA) is 49.5 Å². The van der Waals surface area contributed by atoms with Crippen LogP contribution in [0.5, 0.6) is 0 Å². The molecule has 3 nitrogen and oxygen atoms in total. The van der Waals surface area contributed by atoms with E-state index in [1.165, 1.54) is 0 Å². The van der Waals surface area contributed by atoms with E-state index in [1.807, 2.05) is 0 Å². The molecule has 4 bridgehead atoms. The van der Waals surface area contributed by atoms with Crippen molar-refractivity contribution in [2.45, 2.75) is 25.1 Å². The van der Waals surface area contributed by atoms with Gasteiger partial charge in [-0.1, -0.05) is 0 Å². The number of nitrogens with two attached hydrogens (primary N) is 1. The molecule has 1 aliphatic carbocycles. The number of aliphatic hydroxyl groups excluding tert-OH is 1. The number of nitrogens with zero attached hydrogens (tertiary/aromatic N) is 1. The van der Waals surface area contributed by atoms with Gasteiger partial charge in [0, 0.05) is 19.1 Å². The van der Waals surface area contributed by atoms with Crippen LogP contribution >= 0.6 is 0 Å². The zero-order chi connectivity index (χ0) is 8.29. The van der Waals surface area contributed by atoms with Gasteiger partial charge in [-0.25, -0.2) is 0 Å². The minimum absolute atomic E-state index is 0.148. The van der Waals surface area contributed by atoms with E-state index in [0.29, 0.717) is 23.8 Å². The fourth-order valence-electron chi connectivity index (χ4n) is 3.40. The Balaban J connectivity index is 1.91. The van der Waals surface area contributed by atoms with Crippen molar-refractivity contribution in [1.82, 2.24) is 4.90 Å². The van der Waals surface area contributed by atoms with Crippen molar-refractivity contribution in [3.8, 4) is 0 Å². The third-order valence-electron chi connectivity index (χ3n) is 4.03. The molecule has 4 aliphatic rings. The maximum absolute atomic E-state index is 9.80. The maximum Gasteiger partial charge on any atom is 0.110 e. The van der Waals surface area contributed by atoms with Gasteiger partial charge in [0.2, 0.25) is 0 Å². The summed E-state index contributed by atoms with van der Waals surface area (Å²) >= 11 is 0. The van der Waals surface area contributed by atoms with E-state index in [0.717, 1.165) is 25.9 Å². The minimum Gasteiger partial charge on any atom is -0.378 e. The molecule has 6 atom stereocenters. The van der Waals surface area contributed by atoms with Gasteiger partial charge in [-0.15, -0.1) is 0 Å². The van der Waals surface area contributed by atoms with Crippen molar-refractivity contribution in [2.75, 3.05) is 13.1 Å². The van der Waals surface area contributed by atoms with Gasteiger partial charge in [0.05, 0.1) is 0 Å². The molecule has 1 saturated carbocycles. The number of aliphatic hydroxyl groups is 1. The van der Waals surface area contributed by atoms with Gasteiger partial charge < -0.3 is 10.8 Å². The lowest BCUT2D eigenvalue weighted by Gasteiger charge is -2.57. The Labute approximate surface area is 72.5 Å². The van der Waals surface area contributed by atoms with Crippen LogP contribution in [0, 0.1) is 17.8 Å². The first-order valence-electron chi connectivity index (χ1n) is 4.93. The van der Waals surface area contributed by atoms with Crippen LogP contribution < -0.4 is 5.73 Å². The number of rotatable bonds is 0. The van der Waals surface area contributed by atoms with Crippen molar-refractivity contribution in [3.63, 3.8) is 0 Å². The van der Waals surface area contributed by atoms with Crippen LogP contribution in [-0.2, 0) is 0 Å². The molecule has 3 heteroatoms. The van der Waals surface area contributed by atoms with E-state index in [-0.39, 0.29) is 6.23 Å². The molecule has 4 unspecified atom stereocenters. The Hall–Kier alpha value is -0.120. The lowest BCUT2D eigenvalue weighted by molar-refractivity contribution is -0.162. The molecule has 3 heterocycles. The number of hydrogen-bond acceptors (Lipinski definition) is 3. The third-order valence-corrected chi connectivity index (χ3v) is 4.03. The molecule has 0 radical (unpaired) electrons. The van der Waals surface area contributed by atoms with Crippen LogP contribution in [-0.4, -0.2) is 35.4 Å². The Morgan fingerprint density at radius 2 is 1.67 bits per heavy atom. The minimum atomic E-state index is -0.148. The second kappa shape index (κ2) is 2.22. The predicted octanol–water partition coefficient (Wildman–Crippen LogP) is -0.396. The highest BCUT2D eigenvalue weighted by atomic mass is 16.3. The van der Waals surface area contributed by atoms with Crippen molar-refractivity contribution in [1.29, 1.82) is 0 Å². The quantitative estimate of drug-likeness (QED) is 0.517. The molecule has 0 amide bonds. The molecule has 0 aromatic heterocycles. The summed E-state index contributed by atoms with van der Waals surface area (Å²) < 4.78 is 0. The van der Waals surface area contributed by atoms with E-state index < -0.39 is 0 Å². The average Bonchev–Trinajstić information content (AvgIpc) is 2.02. The molecule has 4 fully saturated rings. The Morgan fingerprint density at radius 1 is 1.08 bits per heavy atom. The highest BCUT2D eigenvalue weighted by molar-refractivity contribution is 5.02. The van der Waals surface area contributed by atoms with Gasteiger partial charge in [0.25, 0.3) is 0 Å². The first-order chi connectivity index (χ1) is 5.75. The van der Waals surface area contributed by atoms with E-state index >= 15 is 0 Å². The van der Waals surface area contributed by atoms with Gasteiger partial charge in [-0.3, -0.25) is 4.90 Å². The SMILES string of the molecule is NC1[C@@H]2CC3C[C@H]1CN(C2)C3O. The highest BCUT2D eigenvalue weighted by Crippen LogP contribution is 2.44. The fourth-order valence-corrected chi connectivity index (χ4v) is 3.40. The molecule has 3 N–H and O–H groups in total. The Bertz CT molecular complexity index is 159. The van der Waals surface area contributed by atoms with Crippen LogP contribution in [0.2, 0.25) is 0 Å². The average molecular weight is 168 g/mol. The maximum atomic E-state index is 9.80. The van der Waals surface area contributed by atoms with Crippen molar-refractivity contribution >= 4 is 0 Å². The van der Waals surface area contributed by atoms with E-state index in [9.17, 15) is 5.11 Å². The summed E-state index contributed by atoms with van der Waals surface area (Å²) in [6.07, 6.45) is 2.18. The molecule has 3 aliphatic heterocycles. The molecule has 4 rings (SSSR count). The van der Waals surface area contributed by atoms with Gasteiger partial charge in [0.1, 0.15) is 6.23 Å². The summed E-state index contributed by atoms with van der Waals surface area (Å²) in [5.74, 6) is 1.87.